The number of amides is 2. The van der Waals surface area contributed by atoms with Gasteiger partial charge in [0, 0.05) is 19.6 Å². The molecule has 2 fully saturated rings. The average Bonchev–Trinajstić information content (AvgIpc) is 3.39. The predicted molar refractivity (Wildman–Crippen MR) is 106 cm³/mol. The SMILES string of the molecule is CCC(CNC(=O)OC)C(=O)N(C)C1CC(c2cccc(C3(C)CC3)c2)C1. The molecule has 0 radical (unpaired) electrons. The molecule has 5 nitrogen and oxygen atoms in total. The lowest BCUT2D eigenvalue weighted by Gasteiger charge is -2.42. The number of alkyl carbamates (subject to hydrolysis) is 1. The maximum Gasteiger partial charge on any atom is 0.406 e. The molecule has 0 saturated heterocycles. The van der Waals surface area contributed by atoms with E-state index >= 15 is 0 Å². The number of methoxy groups -OCH3 is 1. The molecule has 1 N–H and O–H groups in total. The number of hydrogen-bond donors (Lipinski definition) is 1. The Labute approximate surface area is 162 Å². The van der Waals surface area contributed by atoms with Crippen LogP contribution < -0.4 is 5.32 Å². The zero-order valence-electron chi connectivity index (χ0n) is 17.0. The molecular formula is C22H32N2O3. The van der Waals surface area contributed by atoms with Crippen LogP contribution in [0.2, 0.25) is 0 Å². The molecule has 148 valence electrons. The van der Waals surface area contributed by atoms with E-state index in [0.717, 1.165) is 12.8 Å². The van der Waals surface area contributed by atoms with Crippen molar-refractivity contribution < 1.29 is 14.3 Å². The summed E-state index contributed by atoms with van der Waals surface area (Å²) in [7, 11) is 3.23. The lowest BCUT2D eigenvalue weighted by atomic mass is 9.74. The van der Waals surface area contributed by atoms with Crippen molar-refractivity contribution in [3.63, 3.8) is 0 Å². The Balaban J connectivity index is 1.53. The van der Waals surface area contributed by atoms with E-state index in [-0.39, 0.29) is 17.9 Å². The van der Waals surface area contributed by atoms with Gasteiger partial charge in [0.05, 0.1) is 13.0 Å². The van der Waals surface area contributed by atoms with Crippen LogP contribution in [0.3, 0.4) is 0 Å². The van der Waals surface area contributed by atoms with Gasteiger partial charge in [-0.3, -0.25) is 4.79 Å². The van der Waals surface area contributed by atoms with Gasteiger partial charge >= 0.3 is 6.09 Å². The van der Waals surface area contributed by atoms with E-state index in [9.17, 15) is 9.59 Å². The summed E-state index contributed by atoms with van der Waals surface area (Å²) in [6.07, 6.45) is 4.82. The lowest BCUT2D eigenvalue weighted by molar-refractivity contribution is -0.138. The van der Waals surface area contributed by atoms with Crippen LogP contribution in [0.4, 0.5) is 4.79 Å². The van der Waals surface area contributed by atoms with Crippen LogP contribution in [-0.2, 0) is 14.9 Å². The van der Waals surface area contributed by atoms with Crippen LogP contribution in [0.1, 0.15) is 63.0 Å². The van der Waals surface area contributed by atoms with Crippen LogP contribution in [0.15, 0.2) is 24.3 Å². The summed E-state index contributed by atoms with van der Waals surface area (Å²) < 4.78 is 4.59. The monoisotopic (exact) mass is 372 g/mol. The Morgan fingerprint density at radius 2 is 2.04 bits per heavy atom. The topological polar surface area (TPSA) is 58.6 Å². The normalized spacial score (nSPS) is 23.7. The molecule has 1 aromatic carbocycles. The first kappa shape index (κ1) is 19.7. The largest absolute Gasteiger partial charge is 0.453 e. The third kappa shape index (κ3) is 4.28. The van der Waals surface area contributed by atoms with Gasteiger partial charge < -0.3 is 15.0 Å². The quantitative estimate of drug-likeness (QED) is 0.791. The number of nitrogens with one attached hydrogen (secondary N) is 1. The molecule has 2 amide bonds. The molecule has 0 aliphatic heterocycles. The summed E-state index contributed by atoms with van der Waals surface area (Å²) in [5, 5.41) is 2.65. The number of ether oxygens (including phenoxy) is 1. The molecule has 2 aliphatic carbocycles. The number of hydrogen-bond acceptors (Lipinski definition) is 3. The van der Waals surface area contributed by atoms with E-state index in [2.05, 4.69) is 41.2 Å². The van der Waals surface area contributed by atoms with Crippen LogP contribution in [0, 0.1) is 5.92 Å². The van der Waals surface area contributed by atoms with Crippen molar-refractivity contribution >= 4 is 12.0 Å². The highest BCUT2D eigenvalue weighted by Crippen LogP contribution is 2.49. The first-order chi connectivity index (χ1) is 12.9. The maximum atomic E-state index is 12.8. The van der Waals surface area contributed by atoms with E-state index in [1.54, 1.807) is 0 Å². The van der Waals surface area contributed by atoms with E-state index in [0.29, 0.717) is 24.3 Å². The fourth-order valence-electron chi connectivity index (χ4n) is 3.97. The number of carbonyl (C=O) groups excluding carboxylic acids is 2. The molecule has 27 heavy (non-hydrogen) atoms. The average molecular weight is 373 g/mol. The van der Waals surface area contributed by atoms with Gasteiger partial charge in [-0.2, -0.15) is 0 Å². The van der Waals surface area contributed by atoms with E-state index in [1.165, 1.54) is 31.1 Å². The highest BCUT2D eigenvalue weighted by Gasteiger charge is 2.40. The second-order valence-corrected chi connectivity index (χ2v) is 8.44. The maximum absolute atomic E-state index is 12.8. The smallest absolute Gasteiger partial charge is 0.406 e. The van der Waals surface area contributed by atoms with Gasteiger partial charge in [0.25, 0.3) is 0 Å². The van der Waals surface area contributed by atoms with Gasteiger partial charge in [0.2, 0.25) is 5.91 Å². The Morgan fingerprint density at radius 3 is 2.63 bits per heavy atom. The Hall–Kier alpha value is -2.04. The highest BCUT2D eigenvalue weighted by atomic mass is 16.5. The van der Waals surface area contributed by atoms with Gasteiger partial charge in [-0.15, -0.1) is 0 Å². The summed E-state index contributed by atoms with van der Waals surface area (Å²) in [6, 6.07) is 9.33. The predicted octanol–water partition coefficient (Wildman–Crippen LogP) is 3.82. The van der Waals surface area contributed by atoms with Crippen LogP contribution in [0.5, 0.6) is 0 Å². The number of nitrogens with zero attached hydrogens (tertiary/aromatic N) is 1. The zero-order chi connectivity index (χ0) is 19.6. The van der Waals surface area contributed by atoms with Crippen molar-refractivity contribution in [1.82, 2.24) is 10.2 Å². The minimum absolute atomic E-state index is 0.108. The van der Waals surface area contributed by atoms with Crippen molar-refractivity contribution in [2.24, 2.45) is 5.92 Å². The molecule has 3 rings (SSSR count). The van der Waals surface area contributed by atoms with Crippen molar-refractivity contribution in [2.75, 3.05) is 20.7 Å². The highest BCUT2D eigenvalue weighted by molar-refractivity contribution is 5.80. The minimum Gasteiger partial charge on any atom is -0.453 e. The first-order valence-electron chi connectivity index (χ1n) is 10.1. The molecule has 2 saturated carbocycles. The molecule has 0 heterocycles. The second kappa shape index (κ2) is 7.91. The van der Waals surface area contributed by atoms with Gasteiger partial charge in [-0.1, -0.05) is 38.1 Å². The fraction of sp³-hybridized carbons (Fsp3) is 0.636. The fourth-order valence-corrected chi connectivity index (χ4v) is 3.97. The van der Waals surface area contributed by atoms with Gasteiger partial charge in [0.1, 0.15) is 0 Å². The molecule has 0 aromatic heterocycles. The molecule has 5 heteroatoms. The first-order valence-corrected chi connectivity index (χ1v) is 10.1. The summed E-state index contributed by atoms with van der Waals surface area (Å²) in [6.45, 7) is 4.64. The molecular weight excluding hydrogens is 340 g/mol. The van der Waals surface area contributed by atoms with Crippen molar-refractivity contribution in [1.29, 1.82) is 0 Å². The van der Waals surface area contributed by atoms with E-state index in [1.807, 2.05) is 18.9 Å². The van der Waals surface area contributed by atoms with Gasteiger partial charge in [-0.05, 0) is 54.6 Å². The summed E-state index contributed by atoms with van der Waals surface area (Å²) >= 11 is 0. The standard InChI is InChI=1S/C22H32N2O3/c1-5-15(14-23-21(26)27-4)20(25)24(3)19-12-17(13-19)16-7-6-8-18(11-16)22(2)9-10-22/h6-8,11,15,17,19H,5,9-10,12-14H2,1-4H3,(H,23,26). The molecule has 0 bridgehead atoms. The van der Waals surface area contributed by atoms with Crippen molar-refractivity contribution in [2.45, 2.75) is 63.3 Å². The zero-order valence-corrected chi connectivity index (χ0v) is 17.0. The van der Waals surface area contributed by atoms with Gasteiger partial charge in [0.15, 0.2) is 0 Å². The Bertz CT molecular complexity index is 693. The molecule has 1 atom stereocenters. The van der Waals surface area contributed by atoms with Gasteiger partial charge in [-0.25, -0.2) is 4.79 Å². The van der Waals surface area contributed by atoms with Crippen molar-refractivity contribution in [3.8, 4) is 0 Å². The lowest BCUT2D eigenvalue weighted by Crippen LogP contribution is -2.48. The Kier molecular flexibility index (Phi) is 5.78. The molecule has 0 spiro atoms. The Morgan fingerprint density at radius 1 is 1.33 bits per heavy atom. The number of rotatable bonds is 7. The second-order valence-electron chi connectivity index (χ2n) is 8.44. The molecule has 1 aromatic rings. The molecule has 2 aliphatic rings. The van der Waals surface area contributed by atoms with Crippen LogP contribution >= 0.6 is 0 Å². The van der Waals surface area contributed by atoms with Crippen molar-refractivity contribution in [3.05, 3.63) is 35.4 Å². The third-order valence-corrected chi connectivity index (χ3v) is 6.58. The van der Waals surface area contributed by atoms with E-state index < -0.39 is 6.09 Å². The minimum atomic E-state index is -0.489. The number of carbonyl (C=O) groups is 2. The molecule has 1 unspecified atom stereocenters. The number of benzene rings is 1. The summed E-state index contributed by atoms with van der Waals surface area (Å²) in [5.74, 6) is 0.448. The van der Waals surface area contributed by atoms with Crippen LogP contribution in [0.25, 0.3) is 0 Å². The summed E-state index contributed by atoms with van der Waals surface area (Å²) in [5.41, 5.74) is 3.28. The van der Waals surface area contributed by atoms with Crippen LogP contribution in [-0.4, -0.2) is 43.6 Å². The third-order valence-electron chi connectivity index (χ3n) is 6.58. The summed E-state index contributed by atoms with van der Waals surface area (Å²) in [4.78, 5) is 25.9. The van der Waals surface area contributed by atoms with E-state index in [4.69, 9.17) is 0 Å².